The molecule has 0 amide bonds. The standard InChI is InChI=1S/C12H16N4/c13-9-11-10(14)5-6-12(15-11)16-7-3-1-2-4-8-16/h5-6H,1-4,7-8,14H2. The van der Waals surface area contributed by atoms with Crippen LogP contribution in [0.3, 0.4) is 0 Å². The summed E-state index contributed by atoms with van der Waals surface area (Å²) in [5, 5.41) is 8.89. The van der Waals surface area contributed by atoms with Crippen LogP contribution in [-0.2, 0) is 0 Å². The van der Waals surface area contributed by atoms with Gasteiger partial charge in [0.05, 0.1) is 5.69 Å². The third-order valence-electron chi connectivity index (χ3n) is 2.95. The Morgan fingerprint density at radius 2 is 1.88 bits per heavy atom. The van der Waals surface area contributed by atoms with Crippen molar-refractivity contribution in [1.29, 1.82) is 5.26 Å². The van der Waals surface area contributed by atoms with E-state index in [-0.39, 0.29) is 0 Å². The molecule has 2 rings (SSSR count). The number of nitrogens with two attached hydrogens (primary N) is 1. The van der Waals surface area contributed by atoms with Crippen molar-refractivity contribution in [2.75, 3.05) is 23.7 Å². The topological polar surface area (TPSA) is 65.9 Å². The van der Waals surface area contributed by atoms with E-state index in [0.29, 0.717) is 11.4 Å². The van der Waals surface area contributed by atoms with E-state index in [4.69, 9.17) is 11.0 Å². The molecule has 1 fully saturated rings. The minimum Gasteiger partial charge on any atom is -0.396 e. The van der Waals surface area contributed by atoms with E-state index in [1.54, 1.807) is 6.07 Å². The van der Waals surface area contributed by atoms with Crippen molar-refractivity contribution in [1.82, 2.24) is 4.98 Å². The number of nitrogen functional groups attached to an aromatic ring is 1. The van der Waals surface area contributed by atoms with E-state index >= 15 is 0 Å². The molecule has 0 unspecified atom stereocenters. The molecular weight excluding hydrogens is 200 g/mol. The monoisotopic (exact) mass is 216 g/mol. The van der Waals surface area contributed by atoms with Gasteiger partial charge in [-0.2, -0.15) is 5.26 Å². The number of anilines is 2. The highest BCUT2D eigenvalue weighted by molar-refractivity contribution is 5.55. The average molecular weight is 216 g/mol. The van der Waals surface area contributed by atoms with Crippen LogP contribution in [0.15, 0.2) is 12.1 Å². The summed E-state index contributed by atoms with van der Waals surface area (Å²) in [4.78, 5) is 6.54. The van der Waals surface area contributed by atoms with Crippen LogP contribution in [0.4, 0.5) is 11.5 Å². The number of hydrogen-bond acceptors (Lipinski definition) is 4. The number of hydrogen-bond donors (Lipinski definition) is 1. The number of rotatable bonds is 1. The maximum absolute atomic E-state index is 8.89. The summed E-state index contributed by atoms with van der Waals surface area (Å²) in [5.74, 6) is 0.882. The van der Waals surface area contributed by atoms with Gasteiger partial charge in [0.2, 0.25) is 0 Å². The maximum Gasteiger partial charge on any atom is 0.165 e. The third-order valence-corrected chi connectivity index (χ3v) is 2.95. The molecule has 0 bridgehead atoms. The van der Waals surface area contributed by atoms with Crippen LogP contribution < -0.4 is 10.6 Å². The van der Waals surface area contributed by atoms with Crippen LogP contribution in [0.25, 0.3) is 0 Å². The Balaban J connectivity index is 2.22. The predicted octanol–water partition coefficient (Wildman–Crippen LogP) is 1.92. The van der Waals surface area contributed by atoms with Crippen LogP contribution in [-0.4, -0.2) is 18.1 Å². The number of pyridine rings is 1. The van der Waals surface area contributed by atoms with Gasteiger partial charge in [0.1, 0.15) is 11.9 Å². The van der Waals surface area contributed by atoms with Crippen LogP contribution >= 0.6 is 0 Å². The Kier molecular flexibility index (Phi) is 3.25. The summed E-state index contributed by atoms with van der Waals surface area (Å²) < 4.78 is 0. The molecule has 0 radical (unpaired) electrons. The zero-order chi connectivity index (χ0) is 11.4. The summed E-state index contributed by atoms with van der Waals surface area (Å²) in [6.45, 7) is 2.06. The molecule has 1 aromatic rings. The molecular formula is C12H16N4. The molecule has 0 spiro atoms. The van der Waals surface area contributed by atoms with E-state index in [1.807, 2.05) is 12.1 Å². The first-order valence-electron chi connectivity index (χ1n) is 5.73. The lowest BCUT2D eigenvalue weighted by Crippen LogP contribution is -2.25. The van der Waals surface area contributed by atoms with E-state index in [0.717, 1.165) is 18.9 Å². The molecule has 1 saturated heterocycles. The third kappa shape index (κ3) is 2.25. The minimum absolute atomic E-state index is 0.335. The molecule has 2 heterocycles. The van der Waals surface area contributed by atoms with Crippen molar-refractivity contribution in [3.63, 3.8) is 0 Å². The van der Waals surface area contributed by atoms with Crippen molar-refractivity contribution < 1.29 is 0 Å². The fraction of sp³-hybridized carbons (Fsp3) is 0.500. The van der Waals surface area contributed by atoms with Crippen LogP contribution in [0.5, 0.6) is 0 Å². The molecule has 84 valence electrons. The van der Waals surface area contributed by atoms with Crippen molar-refractivity contribution in [3.05, 3.63) is 17.8 Å². The Labute approximate surface area is 95.7 Å². The first kappa shape index (κ1) is 10.7. The lowest BCUT2D eigenvalue weighted by Gasteiger charge is -2.21. The SMILES string of the molecule is N#Cc1nc(N2CCCCCC2)ccc1N. The van der Waals surface area contributed by atoms with Gasteiger partial charge >= 0.3 is 0 Å². The van der Waals surface area contributed by atoms with E-state index in [9.17, 15) is 0 Å². The molecule has 1 aliphatic heterocycles. The molecule has 0 saturated carbocycles. The van der Waals surface area contributed by atoms with E-state index < -0.39 is 0 Å². The number of nitriles is 1. The zero-order valence-electron chi connectivity index (χ0n) is 9.32. The van der Waals surface area contributed by atoms with Gasteiger partial charge in [0, 0.05) is 13.1 Å². The Bertz CT molecular complexity index is 400. The maximum atomic E-state index is 8.89. The van der Waals surface area contributed by atoms with Crippen LogP contribution in [0.1, 0.15) is 31.4 Å². The van der Waals surface area contributed by atoms with Crippen molar-refractivity contribution in [2.24, 2.45) is 0 Å². The first-order chi connectivity index (χ1) is 7.81. The van der Waals surface area contributed by atoms with E-state index in [1.165, 1.54) is 25.7 Å². The largest absolute Gasteiger partial charge is 0.396 e. The summed E-state index contributed by atoms with van der Waals surface area (Å²) in [7, 11) is 0. The minimum atomic E-state index is 0.335. The van der Waals surface area contributed by atoms with Crippen molar-refractivity contribution in [2.45, 2.75) is 25.7 Å². The fourth-order valence-corrected chi connectivity index (χ4v) is 2.03. The van der Waals surface area contributed by atoms with Crippen molar-refractivity contribution >= 4 is 11.5 Å². The molecule has 1 aliphatic rings. The van der Waals surface area contributed by atoms with E-state index in [2.05, 4.69) is 9.88 Å². The lowest BCUT2D eigenvalue weighted by molar-refractivity contribution is 0.726. The molecule has 2 N–H and O–H groups in total. The normalized spacial score (nSPS) is 16.6. The number of nitrogens with zero attached hydrogens (tertiary/aromatic N) is 3. The molecule has 4 heteroatoms. The zero-order valence-corrected chi connectivity index (χ0v) is 9.32. The molecule has 4 nitrogen and oxygen atoms in total. The molecule has 16 heavy (non-hydrogen) atoms. The van der Waals surface area contributed by atoms with Gasteiger partial charge in [0.25, 0.3) is 0 Å². The highest BCUT2D eigenvalue weighted by atomic mass is 15.2. The summed E-state index contributed by atoms with van der Waals surface area (Å²) in [6.07, 6.45) is 4.98. The second-order valence-corrected chi connectivity index (χ2v) is 4.12. The Morgan fingerprint density at radius 3 is 2.50 bits per heavy atom. The van der Waals surface area contributed by atoms with Gasteiger partial charge in [-0.3, -0.25) is 0 Å². The Hall–Kier alpha value is -1.76. The highest BCUT2D eigenvalue weighted by Crippen LogP contribution is 2.19. The van der Waals surface area contributed by atoms with Gasteiger partial charge in [-0.1, -0.05) is 12.8 Å². The quantitative estimate of drug-likeness (QED) is 0.778. The first-order valence-corrected chi connectivity index (χ1v) is 5.73. The summed E-state index contributed by atoms with van der Waals surface area (Å²) in [5.41, 5.74) is 6.45. The molecule has 0 aliphatic carbocycles. The average Bonchev–Trinajstić information content (AvgIpc) is 2.58. The summed E-state index contributed by atoms with van der Waals surface area (Å²) in [6, 6.07) is 5.70. The highest BCUT2D eigenvalue weighted by Gasteiger charge is 2.12. The smallest absolute Gasteiger partial charge is 0.165 e. The Morgan fingerprint density at radius 1 is 1.19 bits per heavy atom. The van der Waals surface area contributed by atoms with Crippen LogP contribution in [0.2, 0.25) is 0 Å². The predicted molar refractivity (Wildman–Crippen MR) is 64.0 cm³/mol. The lowest BCUT2D eigenvalue weighted by atomic mass is 10.2. The van der Waals surface area contributed by atoms with Gasteiger partial charge < -0.3 is 10.6 Å². The van der Waals surface area contributed by atoms with Gasteiger partial charge in [-0.25, -0.2) is 4.98 Å². The molecule has 1 aromatic heterocycles. The second kappa shape index (κ2) is 4.84. The van der Waals surface area contributed by atoms with Gasteiger partial charge in [-0.15, -0.1) is 0 Å². The van der Waals surface area contributed by atoms with Crippen molar-refractivity contribution in [3.8, 4) is 6.07 Å². The number of aromatic nitrogens is 1. The fourth-order valence-electron chi connectivity index (χ4n) is 2.03. The molecule has 0 atom stereocenters. The summed E-state index contributed by atoms with van der Waals surface area (Å²) >= 11 is 0. The molecule has 0 aromatic carbocycles. The van der Waals surface area contributed by atoms with Gasteiger partial charge in [0.15, 0.2) is 5.69 Å². The van der Waals surface area contributed by atoms with Crippen LogP contribution in [0, 0.1) is 11.3 Å². The second-order valence-electron chi connectivity index (χ2n) is 4.12. The van der Waals surface area contributed by atoms with Gasteiger partial charge in [-0.05, 0) is 25.0 Å².